The van der Waals surface area contributed by atoms with Crippen molar-refractivity contribution < 1.29 is 4.79 Å². The molecule has 1 aromatic heterocycles. The molecule has 20 heavy (non-hydrogen) atoms. The zero-order chi connectivity index (χ0) is 13.6. The second-order valence-corrected chi connectivity index (χ2v) is 6.28. The molecule has 1 amide bonds. The van der Waals surface area contributed by atoms with Gasteiger partial charge >= 0.3 is 0 Å². The van der Waals surface area contributed by atoms with E-state index in [1.807, 2.05) is 29.2 Å². The highest BCUT2D eigenvalue weighted by Crippen LogP contribution is 2.53. The van der Waals surface area contributed by atoms with E-state index in [0.29, 0.717) is 11.8 Å². The van der Waals surface area contributed by atoms with Crippen LogP contribution in [-0.2, 0) is 11.2 Å². The molecule has 1 spiro atoms. The summed E-state index contributed by atoms with van der Waals surface area (Å²) in [5.41, 5.74) is 2.50. The van der Waals surface area contributed by atoms with Crippen LogP contribution in [-0.4, -0.2) is 34.1 Å². The van der Waals surface area contributed by atoms with Crippen LogP contribution in [0.5, 0.6) is 0 Å². The third-order valence-corrected chi connectivity index (χ3v) is 5.00. The Morgan fingerprint density at radius 3 is 2.70 bits per heavy atom. The van der Waals surface area contributed by atoms with Gasteiger partial charge in [0, 0.05) is 18.5 Å². The highest BCUT2D eigenvalue weighted by atomic mass is 16.2. The van der Waals surface area contributed by atoms with E-state index in [1.54, 1.807) is 0 Å². The quantitative estimate of drug-likeness (QED) is 0.910. The maximum Gasteiger partial charge on any atom is 0.228 e. The molecule has 1 aliphatic heterocycles. The number of para-hydroxylation sites is 1. The topological polar surface area (TPSA) is 49.0 Å². The van der Waals surface area contributed by atoms with Crippen LogP contribution >= 0.6 is 0 Å². The molecule has 104 valence electrons. The van der Waals surface area contributed by atoms with E-state index in [0.717, 1.165) is 29.7 Å². The van der Waals surface area contributed by atoms with Gasteiger partial charge in [0.25, 0.3) is 0 Å². The van der Waals surface area contributed by atoms with Gasteiger partial charge in [-0.3, -0.25) is 9.89 Å². The second kappa shape index (κ2) is 4.33. The number of aromatic nitrogens is 2. The molecule has 2 aromatic rings. The van der Waals surface area contributed by atoms with E-state index < -0.39 is 0 Å². The van der Waals surface area contributed by atoms with Crippen molar-refractivity contribution in [2.24, 2.45) is 5.41 Å². The van der Waals surface area contributed by atoms with E-state index >= 15 is 0 Å². The summed E-state index contributed by atoms with van der Waals surface area (Å²) in [6.45, 7) is 1.87. The van der Waals surface area contributed by atoms with Crippen molar-refractivity contribution in [2.75, 3.05) is 13.1 Å². The Labute approximate surface area is 118 Å². The molecule has 0 atom stereocenters. The lowest BCUT2D eigenvalue weighted by Crippen LogP contribution is -2.39. The minimum Gasteiger partial charge on any atom is -0.342 e. The molecule has 2 heterocycles. The van der Waals surface area contributed by atoms with Crippen LogP contribution in [0.25, 0.3) is 10.9 Å². The Kier molecular flexibility index (Phi) is 2.59. The number of carbonyl (C=O) groups is 1. The summed E-state index contributed by atoms with van der Waals surface area (Å²) >= 11 is 0. The van der Waals surface area contributed by atoms with E-state index in [9.17, 15) is 4.79 Å². The van der Waals surface area contributed by atoms with Crippen molar-refractivity contribution in [1.82, 2.24) is 15.1 Å². The van der Waals surface area contributed by atoms with Gasteiger partial charge in [-0.25, -0.2) is 0 Å². The summed E-state index contributed by atoms with van der Waals surface area (Å²) < 4.78 is 0. The average molecular weight is 269 g/mol. The third-order valence-electron chi connectivity index (χ3n) is 5.00. The zero-order valence-electron chi connectivity index (χ0n) is 11.6. The number of H-pyrrole nitrogens is 1. The lowest BCUT2D eigenvalue weighted by atomic mass is 9.93. The van der Waals surface area contributed by atoms with Gasteiger partial charge < -0.3 is 4.90 Å². The van der Waals surface area contributed by atoms with Crippen LogP contribution < -0.4 is 0 Å². The van der Waals surface area contributed by atoms with Gasteiger partial charge in [-0.1, -0.05) is 18.2 Å². The number of nitrogens with one attached hydrogen (secondary N) is 1. The number of fused-ring (bicyclic) bond motifs is 1. The summed E-state index contributed by atoms with van der Waals surface area (Å²) in [4.78, 5) is 14.4. The average Bonchev–Trinajstić information content (AvgIpc) is 3.11. The zero-order valence-corrected chi connectivity index (χ0v) is 11.6. The van der Waals surface area contributed by atoms with Crippen molar-refractivity contribution in [1.29, 1.82) is 0 Å². The number of piperidine rings is 1. The Morgan fingerprint density at radius 2 is 1.95 bits per heavy atom. The van der Waals surface area contributed by atoms with Crippen LogP contribution in [0.1, 0.15) is 31.4 Å². The molecule has 2 aliphatic rings. The van der Waals surface area contributed by atoms with Gasteiger partial charge in [-0.2, -0.15) is 5.10 Å². The van der Waals surface area contributed by atoms with Crippen molar-refractivity contribution in [3.05, 3.63) is 30.0 Å². The lowest BCUT2D eigenvalue weighted by Gasteiger charge is -2.32. The molecular weight excluding hydrogens is 250 g/mol. The van der Waals surface area contributed by atoms with E-state index in [1.165, 1.54) is 25.7 Å². The Bertz CT molecular complexity index is 647. The summed E-state index contributed by atoms with van der Waals surface area (Å²) in [5, 5.41) is 8.34. The molecule has 0 bridgehead atoms. The Balaban J connectivity index is 1.47. The number of rotatable bonds is 2. The Morgan fingerprint density at radius 1 is 1.20 bits per heavy atom. The number of carbonyl (C=O) groups excluding carboxylic acids is 1. The Hall–Kier alpha value is -1.84. The monoisotopic (exact) mass is 269 g/mol. The number of aromatic amines is 1. The first kappa shape index (κ1) is 11.9. The smallest absolute Gasteiger partial charge is 0.228 e. The lowest BCUT2D eigenvalue weighted by molar-refractivity contribution is -0.132. The third kappa shape index (κ3) is 1.99. The number of amides is 1. The number of nitrogens with zero attached hydrogens (tertiary/aromatic N) is 2. The summed E-state index contributed by atoms with van der Waals surface area (Å²) in [5.74, 6) is 0.231. The van der Waals surface area contributed by atoms with Crippen LogP contribution in [0.4, 0.5) is 0 Å². The highest BCUT2D eigenvalue weighted by Gasteiger charge is 2.45. The van der Waals surface area contributed by atoms with E-state index in [2.05, 4.69) is 10.2 Å². The summed E-state index contributed by atoms with van der Waals surface area (Å²) in [6, 6.07) is 7.95. The summed E-state index contributed by atoms with van der Waals surface area (Å²) in [6.07, 6.45) is 5.58. The van der Waals surface area contributed by atoms with Crippen LogP contribution in [0.2, 0.25) is 0 Å². The minimum atomic E-state index is 0.231. The number of hydrogen-bond acceptors (Lipinski definition) is 2. The predicted molar refractivity (Wildman–Crippen MR) is 77.3 cm³/mol. The van der Waals surface area contributed by atoms with Gasteiger partial charge in [-0.05, 0) is 37.2 Å². The molecule has 1 saturated carbocycles. The fraction of sp³-hybridized carbons (Fsp3) is 0.500. The molecule has 1 saturated heterocycles. The first-order valence-corrected chi connectivity index (χ1v) is 7.46. The molecular formula is C16H19N3O. The fourth-order valence-corrected chi connectivity index (χ4v) is 3.32. The number of hydrogen-bond donors (Lipinski definition) is 1. The van der Waals surface area contributed by atoms with Crippen LogP contribution in [0.15, 0.2) is 24.3 Å². The number of likely N-dealkylation sites (tertiary alicyclic amines) is 1. The highest BCUT2D eigenvalue weighted by molar-refractivity contribution is 5.87. The maximum absolute atomic E-state index is 12.4. The first-order chi connectivity index (χ1) is 9.76. The molecule has 0 unspecified atom stereocenters. The van der Waals surface area contributed by atoms with Crippen molar-refractivity contribution >= 4 is 16.8 Å². The molecule has 1 N–H and O–H groups in total. The fourth-order valence-electron chi connectivity index (χ4n) is 3.32. The molecule has 2 fully saturated rings. The first-order valence-electron chi connectivity index (χ1n) is 7.46. The van der Waals surface area contributed by atoms with Crippen LogP contribution in [0.3, 0.4) is 0 Å². The second-order valence-electron chi connectivity index (χ2n) is 6.28. The number of benzene rings is 1. The van der Waals surface area contributed by atoms with Gasteiger partial charge in [0.15, 0.2) is 0 Å². The summed E-state index contributed by atoms with van der Waals surface area (Å²) in [7, 11) is 0. The molecule has 1 aliphatic carbocycles. The van der Waals surface area contributed by atoms with Gasteiger partial charge in [0.1, 0.15) is 0 Å². The van der Waals surface area contributed by atoms with Crippen molar-refractivity contribution in [2.45, 2.75) is 32.1 Å². The standard InChI is InChI=1S/C16H19N3O/c20-15(19-9-7-16(5-6-16)8-10-19)11-14-12-3-1-2-4-13(12)17-18-14/h1-4H,5-11H2,(H,17,18). The normalized spacial score (nSPS) is 20.5. The van der Waals surface area contributed by atoms with E-state index in [4.69, 9.17) is 0 Å². The molecule has 0 radical (unpaired) electrons. The van der Waals surface area contributed by atoms with Crippen LogP contribution in [0, 0.1) is 5.41 Å². The maximum atomic E-state index is 12.4. The molecule has 4 heteroatoms. The van der Waals surface area contributed by atoms with Gasteiger partial charge in [0.05, 0.1) is 17.6 Å². The predicted octanol–water partition coefficient (Wildman–Crippen LogP) is 2.51. The van der Waals surface area contributed by atoms with Crippen molar-refractivity contribution in [3.63, 3.8) is 0 Å². The largest absolute Gasteiger partial charge is 0.342 e. The van der Waals surface area contributed by atoms with Gasteiger partial charge in [-0.15, -0.1) is 0 Å². The minimum absolute atomic E-state index is 0.231. The molecule has 1 aromatic carbocycles. The SMILES string of the molecule is O=C(Cc1[nH]nc2ccccc12)N1CCC2(CC1)CC2. The van der Waals surface area contributed by atoms with E-state index in [-0.39, 0.29) is 5.91 Å². The molecule has 4 rings (SSSR count). The van der Waals surface area contributed by atoms with Gasteiger partial charge in [0.2, 0.25) is 5.91 Å². The molecule has 4 nitrogen and oxygen atoms in total. The van der Waals surface area contributed by atoms with Crippen molar-refractivity contribution in [3.8, 4) is 0 Å².